The summed E-state index contributed by atoms with van der Waals surface area (Å²) in [6, 6.07) is 6.68. The van der Waals surface area contributed by atoms with Gasteiger partial charge in [0.2, 0.25) is 5.91 Å². The largest absolute Gasteiger partial charge is 0.481 e. The van der Waals surface area contributed by atoms with Gasteiger partial charge in [0.15, 0.2) is 0 Å². The number of carbonyl (C=O) groups excluding carboxylic acids is 1. The van der Waals surface area contributed by atoms with Gasteiger partial charge in [0.1, 0.15) is 5.82 Å². The standard InChI is InChI=1S/C19H26FNO3/c1-14(9-10-15-6-2-3-8-17(15)20)19(24)21-13-5-4-7-16(21)11-12-18(22)23/h2-3,6,8,14,16H,4-5,7,9-13H2,1H3,(H,22,23). The SMILES string of the molecule is CC(CCc1ccccc1F)C(=O)N1CCCCC1CCC(=O)O. The van der Waals surface area contributed by atoms with E-state index in [2.05, 4.69) is 0 Å². The molecule has 1 aromatic rings. The Kier molecular flexibility index (Phi) is 6.76. The number of amides is 1. The number of halogens is 1. The maximum atomic E-state index is 13.7. The number of carboxylic acid groups (broad SMARTS) is 1. The summed E-state index contributed by atoms with van der Waals surface area (Å²) in [5.41, 5.74) is 0.637. The van der Waals surface area contributed by atoms with Gasteiger partial charge in [0.25, 0.3) is 0 Å². The van der Waals surface area contributed by atoms with Crippen LogP contribution in [-0.2, 0) is 16.0 Å². The van der Waals surface area contributed by atoms with Gasteiger partial charge in [-0.3, -0.25) is 9.59 Å². The molecule has 1 aliphatic heterocycles. The Balaban J connectivity index is 1.92. The van der Waals surface area contributed by atoms with E-state index < -0.39 is 5.97 Å². The first-order valence-electron chi connectivity index (χ1n) is 8.74. The fraction of sp³-hybridized carbons (Fsp3) is 0.579. The van der Waals surface area contributed by atoms with Gasteiger partial charge in [-0.25, -0.2) is 4.39 Å². The first-order valence-corrected chi connectivity index (χ1v) is 8.74. The fourth-order valence-electron chi connectivity index (χ4n) is 3.36. The molecule has 1 aliphatic rings. The second kappa shape index (κ2) is 8.81. The topological polar surface area (TPSA) is 57.6 Å². The predicted molar refractivity (Wildman–Crippen MR) is 90.1 cm³/mol. The quantitative estimate of drug-likeness (QED) is 0.827. The molecule has 1 aromatic carbocycles. The molecular weight excluding hydrogens is 309 g/mol. The summed E-state index contributed by atoms with van der Waals surface area (Å²) in [4.78, 5) is 25.4. The second-order valence-corrected chi connectivity index (χ2v) is 6.64. The van der Waals surface area contributed by atoms with Gasteiger partial charge in [-0.1, -0.05) is 25.1 Å². The summed E-state index contributed by atoms with van der Waals surface area (Å²) in [5, 5.41) is 8.88. The average molecular weight is 335 g/mol. The molecule has 1 amide bonds. The normalized spacial score (nSPS) is 19.1. The highest BCUT2D eigenvalue weighted by molar-refractivity contribution is 5.79. The van der Waals surface area contributed by atoms with Crippen molar-refractivity contribution >= 4 is 11.9 Å². The molecule has 1 saturated heterocycles. The Morgan fingerprint density at radius 3 is 2.79 bits per heavy atom. The molecule has 4 nitrogen and oxygen atoms in total. The molecule has 0 bridgehead atoms. The molecule has 1 heterocycles. The van der Waals surface area contributed by atoms with E-state index in [0.717, 1.165) is 19.3 Å². The highest BCUT2D eigenvalue weighted by Gasteiger charge is 2.29. The Bertz CT molecular complexity index is 575. The molecule has 0 aliphatic carbocycles. The van der Waals surface area contributed by atoms with Gasteiger partial charge in [-0.15, -0.1) is 0 Å². The third-order valence-electron chi connectivity index (χ3n) is 4.83. The van der Waals surface area contributed by atoms with Gasteiger partial charge in [0.05, 0.1) is 0 Å². The monoisotopic (exact) mass is 335 g/mol. The van der Waals surface area contributed by atoms with E-state index >= 15 is 0 Å². The van der Waals surface area contributed by atoms with E-state index in [4.69, 9.17) is 5.11 Å². The zero-order valence-corrected chi connectivity index (χ0v) is 14.2. The average Bonchev–Trinajstić information content (AvgIpc) is 2.58. The van der Waals surface area contributed by atoms with Crippen molar-refractivity contribution in [3.05, 3.63) is 35.6 Å². The number of hydrogen-bond acceptors (Lipinski definition) is 2. The number of carbonyl (C=O) groups is 2. The number of benzene rings is 1. The summed E-state index contributed by atoms with van der Waals surface area (Å²) in [5.74, 6) is -1.16. The molecule has 1 N–H and O–H groups in total. The minimum Gasteiger partial charge on any atom is -0.481 e. The van der Waals surface area contributed by atoms with Crippen molar-refractivity contribution in [1.82, 2.24) is 4.90 Å². The van der Waals surface area contributed by atoms with Crippen LogP contribution in [0.25, 0.3) is 0 Å². The molecule has 0 spiro atoms. The minimum atomic E-state index is -0.819. The van der Waals surface area contributed by atoms with Crippen LogP contribution >= 0.6 is 0 Å². The van der Waals surface area contributed by atoms with Crippen LogP contribution in [0.4, 0.5) is 4.39 Å². The maximum Gasteiger partial charge on any atom is 0.303 e. The second-order valence-electron chi connectivity index (χ2n) is 6.64. The van der Waals surface area contributed by atoms with Crippen LogP contribution in [0.1, 0.15) is 51.0 Å². The zero-order chi connectivity index (χ0) is 17.5. The molecule has 0 aromatic heterocycles. The number of aliphatic carboxylic acids is 1. The summed E-state index contributed by atoms with van der Waals surface area (Å²) >= 11 is 0. The Labute approximate surface area is 142 Å². The van der Waals surface area contributed by atoms with Crippen molar-refractivity contribution < 1.29 is 19.1 Å². The molecule has 1 fully saturated rings. The Morgan fingerprint density at radius 1 is 1.33 bits per heavy atom. The van der Waals surface area contributed by atoms with Crippen molar-refractivity contribution in [2.45, 2.75) is 57.9 Å². The smallest absolute Gasteiger partial charge is 0.303 e. The van der Waals surface area contributed by atoms with E-state index in [1.54, 1.807) is 18.2 Å². The lowest BCUT2D eigenvalue weighted by Gasteiger charge is -2.37. The number of rotatable bonds is 7. The summed E-state index contributed by atoms with van der Waals surface area (Å²) in [6.07, 6.45) is 4.63. The number of piperidine rings is 1. The molecule has 132 valence electrons. The molecule has 24 heavy (non-hydrogen) atoms. The van der Waals surface area contributed by atoms with Gasteiger partial charge >= 0.3 is 5.97 Å². The molecule has 2 unspecified atom stereocenters. The summed E-state index contributed by atoms with van der Waals surface area (Å²) < 4.78 is 13.7. The summed E-state index contributed by atoms with van der Waals surface area (Å²) in [6.45, 7) is 2.58. The van der Waals surface area contributed by atoms with Crippen LogP contribution in [0.15, 0.2) is 24.3 Å². The van der Waals surface area contributed by atoms with Gasteiger partial charge in [-0.2, -0.15) is 0 Å². The fourth-order valence-corrected chi connectivity index (χ4v) is 3.36. The number of carboxylic acids is 1. The lowest BCUT2D eigenvalue weighted by Crippen LogP contribution is -2.46. The lowest BCUT2D eigenvalue weighted by atomic mass is 9.94. The zero-order valence-electron chi connectivity index (χ0n) is 14.2. The highest BCUT2D eigenvalue weighted by atomic mass is 19.1. The van der Waals surface area contributed by atoms with Crippen molar-refractivity contribution in [2.75, 3.05) is 6.54 Å². The van der Waals surface area contributed by atoms with Crippen LogP contribution in [0, 0.1) is 11.7 Å². The van der Waals surface area contributed by atoms with E-state index in [1.165, 1.54) is 6.07 Å². The molecule has 2 atom stereocenters. The number of hydrogen-bond donors (Lipinski definition) is 1. The van der Waals surface area contributed by atoms with Crippen molar-refractivity contribution in [1.29, 1.82) is 0 Å². The Morgan fingerprint density at radius 2 is 2.08 bits per heavy atom. The maximum absolute atomic E-state index is 13.7. The van der Waals surface area contributed by atoms with E-state index in [0.29, 0.717) is 31.4 Å². The van der Waals surface area contributed by atoms with E-state index in [-0.39, 0.29) is 30.1 Å². The number of aryl methyl sites for hydroxylation is 1. The van der Waals surface area contributed by atoms with Crippen LogP contribution in [0.5, 0.6) is 0 Å². The molecular formula is C19H26FNO3. The molecule has 0 radical (unpaired) electrons. The van der Waals surface area contributed by atoms with E-state index in [9.17, 15) is 14.0 Å². The van der Waals surface area contributed by atoms with Crippen LogP contribution < -0.4 is 0 Å². The van der Waals surface area contributed by atoms with E-state index in [1.807, 2.05) is 11.8 Å². The van der Waals surface area contributed by atoms with Crippen molar-refractivity contribution in [3.63, 3.8) is 0 Å². The minimum absolute atomic E-state index is 0.0262. The van der Waals surface area contributed by atoms with Crippen molar-refractivity contribution in [2.24, 2.45) is 5.92 Å². The number of nitrogens with zero attached hydrogens (tertiary/aromatic N) is 1. The summed E-state index contributed by atoms with van der Waals surface area (Å²) in [7, 11) is 0. The van der Waals surface area contributed by atoms with Crippen LogP contribution in [-0.4, -0.2) is 34.5 Å². The third kappa shape index (κ3) is 5.05. The van der Waals surface area contributed by atoms with Gasteiger partial charge < -0.3 is 10.0 Å². The first-order chi connectivity index (χ1) is 11.5. The predicted octanol–water partition coefficient (Wildman–Crippen LogP) is 3.64. The van der Waals surface area contributed by atoms with Crippen LogP contribution in [0.2, 0.25) is 0 Å². The van der Waals surface area contributed by atoms with Gasteiger partial charge in [-0.05, 0) is 50.2 Å². The highest BCUT2D eigenvalue weighted by Crippen LogP contribution is 2.24. The first kappa shape index (κ1) is 18.4. The third-order valence-corrected chi connectivity index (χ3v) is 4.83. The number of likely N-dealkylation sites (tertiary alicyclic amines) is 1. The Hall–Kier alpha value is -1.91. The van der Waals surface area contributed by atoms with Gasteiger partial charge in [0, 0.05) is 24.9 Å². The molecule has 5 heteroatoms. The lowest BCUT2D eigenvalue weighted by molar-refractivity contribution is -0.142. The molecule has 0 saturated carbocycles. The van der Waals surface area contributed by atoms with Crippen LogP contribution in [0.3, 0.4) is 0 Å². The molecule has 2 rings (SSSR count). The van der Waals surface area contributed by atoms with Crippen molar-refractivity contribution in [3.8, 4) is 0 Å².